The summed E-state index contributed by atoms with van der Waals surface area (Å²) in [6.07, 6.45) is 6.88. The quantitative estimate of drug-likeness (QED) is 0.666. The summed E-state index contributed by atoms with van der Waals surface area (Å²) in [5.41, 5.74) is 2.36. The highest BCUT2D eigenvalue weighted by Gasteiger charge is 2.61. The topological polar surface area (TPSA) is 58.2 Å². The summed E-state index contributed by atoms with van der Waals surface area (Å²) in [4.78, 5) is 26.9. The molecule has 6 rings (SSSR count). The molecule has 2 aromatic rings. The Morgan fingerprint density at radius 3 is 2.71 bits per heavy atom. The number of amides is 2. The Balaban J connectivity index is 1.39. The number of hydrogen-bond acceptors (Lipinski definition) is 4. The Kier molecular flexibility index (Phi) is 4.59. The number of rotatable bonds is 6. The molecule has 6 heteroatoms. The first-order chi connectivity index (χ1) is 13.6. The summed E-state index contributed by atoms with van der Waals surface area (Å²) < 4.78 is 0. The summed E-state index contributed by atoms with van der Waals surface area (Å²) in [7, 11) is 0. The fourth-order valence-corrected chi connectivity index (χ4v) is 7.79. The van der Waals surface area contributed by atoms with Gasteiger partial charge in [0.1, 0.15) is 0 Å². The van der Waals surface area contributed by atoms with Crippen LogP contribution in [0.4, 0.5) is 5.69 Å². The molecule has 4 fully saturated rings. The van der Waals surface area contributed by atoms with Gasteiger partial charge in [0.15, 0.2) is 0 Å². The first kappa shape index (κ1) is 18.4. The third-order valence-electron chi connectivity index (χ3n) is 7.04. The molecule has 2 aromatic heterocycles. The van der Waals surface area contributed by atoms with E-state index in [0.717, 1.165) is 47.2 Å². The average Bonchev–Trinajstić information content (AvgIpc) is 3.42. The molecule has 4 aliphatic rings. The van der Waals surface area contributed by atoms with Crippen molar-refractivity contribution in [3.05, 3.63) is 27.8 Å². The molecule has 2 N–H and O–H groups in total. The van der Waals surface area contributed by atoms with E-state index in [2.05, 4.69) is 10.6 Å². The Labute approximate surface area is 173 Å². The van der Waals surface area contributed by atoms with Crippen LogP contribution in [0.3, 0.4) is 0 Å². The zero-order valence-electron chi connectivity index (χ0n) is 16.1. The molecule has 0 aromatic carbocycles. The lowest BCUT2D eigenvalue weighted by atomic mass is 9.75. The van der Waals surface area contributed by atoms with Crippen LogP contribution in [-0.4, -0.2) is 18.4 Å². The fraction of sp³-hybridized carbons (Fsp3) is 0.545. The summed E-state index contributed by atoms with van der Waals surface area (Å²) in [6, 6.07) is 1.99. The van der Waals surface area contributed by atoms with Crippen molar-refractivity contribution < 1.29 is 9.59 Å². The molecule has 2 amide bonds. The fourth-order valence-electron chi connectivity index (χ4n) is 6.01. The minimum absolute atomic E-state index is 0.0332. The van der Waals surface area contributed by atoms with Gasteiger partial charge < -0.3 is 10.6 Å². The van der Waals surface area contributed by atoms with Crippen molar-refractivity contribution in [3.8, 4) is 10.4 Å². The molecule has 0 saturated heterocycles. The Morgan fingerprint density at radius 1 is 1.18 bits per heavy atom. The number of carbonyl (C=O) groups is 2. The Hall–Kier alpha value is -1.66. The largest absolute Gasteiger partial charge is 0.352 e. The lowest BCUT2D eigenvalue weighted by molar-refractivity contribution is -0.127. The van der Waals surface area contributed by atoms with Crippen LogP contribution >= 0.6 is 22.7 Å². The lowest BCUT2D eigenvalue weighted by Crippen LogP contribution is -2.37. The van der Waals surface area contributed by atoms with Crippen molar-refractivity contribution in [2.45, 2.75) is 45.4 Å². The predicted octanol–water partition coefficient (Wildman–Crippen LogP) is 5.38. The molecule has 4 bridgehead atoms. The molecule has 4 nitrogen and oxygen atoms in total. The van der Waals surface area contributed by atoms with Crippen LogP contribution in [0.2, 0.25) is 0 Å². The van der Waals surface area contributed by atoms with Crippen LogP contribution in [0.25, 0.3) is 10.4 Å². The second-order valence-corrected chi connectivity index (χ2v) is 10.4. The lowest BCUT2D eigenvalue weighted by Gasteiger charge is -2.31. The highest BCUT2D eigenvalue weighted by Crippen LogP contribution is 2.65. The highest BCUT2D eigenvalue weighted by atomic mass is 32.1. The van der Waals surface area contributed by atoms with Crippen LogP contribution in [0.15, 0.2) is 22.2 Å². The van der Waals surface area contributed by atoms with Gasteiger partial charge in [-0.1, -0.05) is 6.92 Å². The van der Waals surface area contributed by atoms with E-state index in [4.69, 9.17) is 0 Å². The van der Waals surface area contributed by atoms with Gasteiger partial charge in [-0.05, 0) is 67.7 Å². The first-order valence-electron chi connectivity index (χ1n) is 10.3. The molecule has 3 unspecified atom stereocenters. The molecular weight excluding hydrogens is 388 g/mol. The van der Waals surface area contributed by atoms with Gasteiger partial charge >= 0.3 is 0 Å². The van der Waals surface area contributed by atoms with Gasteiger partial charge in [0.25, 0.3) is 5.91 Å². The first-order valence-corrected chi connectivity index (χ1v) is 12.2. The van der Waals surface area contributed by atoms with E-state index >= 15 is 0 Å². The van der Waals surface area contributed by atoms with Crippen LogP contribution < -0.4 is 10.6 Å². The van der Waals surface area contributed by atoms with Crippen molar-refractivity contribution in [1.82, 2.24) is 5.32 Å². The van der Waals surface area contributed by atoms with Crippen LogP contribution in [-0.2, 0) is 4.79 Å². The van der Waals surface area contributed by atoms with Crippen molar-refractivity contribution in [2.75, 3.05) is 11.9 Å². The van der Waals surface area contributed by atoms with Gasteiger partial charge in [0.05, 0.1) is 21.5 Å². The van der Waals surface area contributed by atoms with E-state index in [-0.39, 0.29) is 17.2 Å². The van der Waals surface area contributed by atoms with Crippen molar-refractivity contribution in [3.63, 3.8) is 0 Å². The van der Waals surface area contributed by atoms with Gasteiger partial charge in [-0.15, -0.1) is 11.3 Å². The second kappa shape index (κ2) is 6.99. The molecule has 4 saturated carbocycles. The highest BCUT2D eigenvalue weighted by molar-refractivity contribution is 7.15. The molecular formula is C22H26N2O2S2. The summed E-state index contributed by atoms with van der Waals surface area (Å²) >= 11 is 3.12. The maximum atomic E-state index is 13.4. The molecule has 0 radical (unpaired) electrons. The van der Waals surface area contributed by atoms with Gasteiger partial charge in [-0.25, -0.2) is 0 Å². The molecule has 4 aliphatic carbocycles. The minimum atomic E-state index is -0.136. The molecule has 148 valence electrons. The number of anilines is 1. The number of nitrogens with one attached hydrogen (secondary N) is 2. The van der Waals surface area contributed by atoms with E-state index < -0.39 is 0 Å². The molecule has 2 heterocycles. The average molecular weight is 415 g/mol. The monoisotopic (exact) mass is 414 g/mol. The van der Waals surface area contributed by atoms with E-state index in [1.54, 1.807) is 11.3 Å². The van der Waals surface area contributed by atoms with E-state index in [0.29, 0.717) is 18.0 Å². The van der Waals surface area contributed by atoms with Gasteiger partial charge in [0, 0.05) is 22.9 Å². The summed E-state index contributed by atoms with van der Waals surface area (Å²) in [6.45, 7) is 2.72. The van der Waals surface area contributed by atoms with E-state index in [9.17, 15) is 9.59 Å². The zero-order chi connectivity index (χ0) is 19.3. The van der Waals surface area contributed by atoms with Crippen molar-refractivity contribution >= 4 is 40.2 Å². The molecule has 4 atom stereocenters. The SMILES string of the molecule is CCCNC(=O)c1cscc1-c1sccc1NC(=O)C12CC3CC1C[C@@H](C3)C2. The Morgan fingerprint density at radius 2 is 1.96 bits per heavy atom. The molecule has 0 aliphatic heterocycles. The second-order valence-electron chi connectivity index (χ2n) is 8.77. The summed E-state index contributed by atoms with van der Waals surface area (Å²) in [5, 5.41) is 12.2. The van der Waals surface area contributed by atoms with Gasteiger partial charge in [-0.3, -0.25) is 9.59 Å². The van der Waals surface area contributed by atoms with E-state index in [1.165, 1.54) is 30.6 Å². The minimum Gasteiger partial charge on any atom is -0.352 e. The van der Waals surface area contributed by atoms with Crippen LogP contribution in [0.1, 0.15) is 55.8 Å². The zero-order valence-corrected chi connectivity index (χ0v) is 17.8. The van der Waals surface area contributed by atoms with Gasteiger partial charge in [0.2, 0.25) is 5.91 Å². The van der Waals surface area contributed by atoms with Gasteiger partial charge in [-0.2, -0.15) is 11.3 Å². The van der Waals surface area contributed by atoms with Crippen molar-refractivity contribution in [2.24, 2.45) is 23.2 Å². The molecule has 0 spiro atoms. The number of carbonyl (C=O) groups excluding carboxylic acids is 2. The number of thiophene rings is 2. The normalized spacial score (nSPS) is 30.0. The maximum Gasteiger partial charge on any atom is 0.252 e. The maximum absolute atomic E-state index is 13.4. The standard InChI is InChI=1S/C22H26N2O2S2/c1-2-4-23-20(25)17-12-27-11-16(17)19-18(3-5-28-19)24-21(26)22-9-13-6-14(10-22)8-15(22)7-13/h3,5,11-15H,2,4,6-10H2,1H3,(H,23,25)(H,24,26)/t13-,14?,15?,22?/m1/s1. The predicted molar refractivity (Wildman–Crippen MR) is 115 cm³/mol. The van der Waals surface area contributed by atoms with Crippen molar-refractivity contribution in [1.29, 1.82) is 0 Å². The summed E-state index contributed by atoms with van der Waals surface area (Å²) in [5.74, 6) is 2.28. The third-order valence-corrected chi connectivity index (χ3v) is 8.73. The number of hydrogen-bond donors (Lipinski definition) is 2. The molecule has 28 heavy (non-hydrogen) atoms. The Bertz CT molecular complexity index is 901. The van der Waals surface area contributed by atoms with E-state index in [1.807, 2.05) is 29.1 Å². The smallest absolute Gasteiger partial charge is 0.252 e. The van der Waals surface area contributed by atoms with Crippen LogP contribution in [0, 0.1) is 23.2 Å². The van der Waals surface area contributed by atoms with Crippen LogP contribution in [0.5, 0.6) is 0 Å². The third kappa shape index (κ3) is 2.84.